The van der Waals surface area contributed by atoms with E-state index >= 15 is 0 Å². The number of esters is 2. The number of phosphoric acid groups is 1. The summed E-state index contributed by atoms with van der Waals surface area (Å²) in [7, 11) is 1.45. The molecule has 0 rings (SSSR count). The average molecular weight is 1270 g/mol. The van der Waals surface area contributed by atoms with Crippen LogP contribution in [0.2, 0.25) is 0 Å². The zero-order valence-corrected chi connectivity index (χ0v) is 59.5. The van der Waals surface area contributed by atoms with Gasteiger partial charge in [0.15, 0.2) is 6.10 Å². The molecule has 90 heavy (non-hydrogen) atoms. The van der Waals surface area contributed by atoms with Gasteiger partial charge in [-0.1, -0.05) is 314 Å². The summed E-state index contributed by atoms with van der Waals surface area (Å²) in [6, 6.07) is 0. The molecule has 0 bridgehead atoms. The minimum Gasteiger partial charge on any atom is -0.462 e. The van der Waals surface area contributed by atoms with Crippen molar-refractivity contribution in [1.29, 1.82) is 0 Å². The summed E-state index contributed by atoms with van der Waals surface area (Å²) in [6.07, 6.45) is 103. The Morgan fingerprint density at radius 2 is 0.600 bits per heavy atom. The van der Waals surface area contributed by atoms with Crippen molar-refractivity contribution in [3.8, 4) is 0 Å². The molecule has 1 N–H and O–H groups in total. The molecule has 514 valence electrons. The van der Waals surface area contributed by atoms with E-state index in [1.54, 1.807) is 0 Å². The number of phosphoric ester groups is 1. The van der Waals surface area contributed by atoms with Crippen LogP contribution in [0.25, 0.3) is 0 Å². The Hall–Kier alpha value is -4.11. The maximum atomic E-state index is 12.9. The minimum atomic E-state index is -4.41. The van der Waals surface area contributed by atoms with Crippen molar-refractivity contribution in [2.24, 2.45) is 0 Å². The predicted octanol–water partition coefficient (Wildman–Crippen LogP) is 24.2. The number of quaternary nitrogens is 1. The first-order chi connectivity index (χ1) is 44.0. The fraction of sp³-hybridized carbons (Fsp3) is 0.675. The topological polar surface area (TPSA) is 108 Å². The second kappa shape index (κ2) is 69.2. The number of carbonyl (C=O) groups excluding carboxylic acids is 2. The van der Waals surface area contributed by atoms with Gasteiger partial charge in [0.1, 0.15) is 19.8 Å². The van der Waals surface area contributed by atoms with E-state index in [1.165, 1.54) is 141 Å². The van der Waals surface area contributed by atoms with Gasteiger partial charge in [0.2, 0.25) is 0 Å². The lowest BCUT2D eigenvalue weighted by molar-refractivity contribution is -0.870. The van der Waals surface area contributed by atoms with Gasteiger partial charge in [-0.15, -0.1) is 0 Å². The number of ether oxygens (including phenoxy) is 2. The molecule has 9 nitrogen and oxygen atoms in total. The fourth-order valence-electron chi connectivity index (χ4n) is 9.85. The normalized spacial score (nSPS) is 14.0. The molecule has 0 radical (unpaired) electrons. The number of allylic oxidation sites excluding steroid dienone is 24. The Bertz CT molecular complexity index is 2030. The quantitative estimate of drug-likeness (QED) is 0.0211. The zero-order valence-electron chi connectivity index (χ0n) is 58.6. The molecule has 0 aliphatic rings. The first kappa shape index (κ1) is 85.9. The van der Waals surface area contributed by atoms with Crippen molar-refractivity contribution in [1.82, 2.24) is 0 Å². The SMILES string of the molecule is CC/C=C\C/C=C\C/C=C\C/C=C\C/C=C\C/C=C\C/C=C\C/C=C\CCCCCCC(=O)OC(COC(=O)CCCCCCCCCCCCCCCCCCCCCCCCCC/C=C\C/C=C\C/C=C\C/C=C\CC)COP(=O)(O)OCC[N+](C)(C)C. The van der Waals surface area contributed by atoms with E-state index in [0.29, 0.717) is 17.4 Å². The summed E-state index contributed by atoms with van der Waals surface area (Å²) >= 11 is 0. The average Bonchev–Trinajstić information content (AvgIpc) is 3.58. The largest absolute Gasteiger partial charge is 0.472 e. The summed E-state index contributed by atoms with van der Waals surface area (Å²) in [5.74, 6) is -0.825. The lowest BCUT2D eigenvalue weighted by Crippen LogP contribution is -2.37. The molecule has 0 aliphatic heterocycles. The van der Waals surface area contributed by atoms with E-state index in [0.717, 1.165) is 122 Å². The number of carbonyl (C=O) groups is 2. The van der Waals surface area contributed by atoms with Crippen molar-refractivity contribution < 1.29 is 42.1 Å². The first-order valence-corrected chi connectivity index (χ1v) is 38.1. The second-order valence-corrected chi connectivity index (χ2v) is 26.7. The van der Waals surface area contributed by atoms with Gasteiger partial charge < -0.3 is 18.9 Å². The third-order valence-electron chi connectivity index (χ3n) is 15.4. The molecule has 0 fully saturated rings. The minimum absolute atomic E-state index is 0.0205. The van der Waals surface area contributed by atoms with Gasteiger partial charge >= 0.3 is 19.8 Å². The highest BCUT2D eigenvalue weighted by Crippen LogP contribution is 2.43. The summed E-state index contributed by atoms with van der Waals surface area (Å²) < 4.78 is 34.7. The van der Waals surface area contributed by atoms with E-state index < -0.39 is 26.5 Å². The van der Waals surface area contributed by atoms with Crippen molar-refractivity contribution >= 4 is 19.8 Å². The van der Waals surface area contributed by atoms with E-state index in [1.807, 2.05) is 21.1 Å². The van der Waals surface area contributed by atoms with Crippen LogP contribution in [0.3, 0.4) is 0 Å². The zero-order chi connectivity index (χ0) is 65.5. The van der Waals surface area contributed by atoms with Gasteiger partial charge in [-0.3, -0.25) is 18.6 Å². The van der Waals surface area contributed by atoms with E-state index in [-0.39, 0.29) is 32.0 Å². The Morgan fingerprint density at radius 1 is 0.344 bits per heavy atom. The molecule has 0 aromatic carbocycles. The number of hydrogen-bond donors (Lipinski definition) is 1. The molecule has 10 heteroatoms. The van der Waals surface area contributed by atoms with Crippen molar-refractivity contribution in [3.05, 3.63) is 146 Å². The standard InChI is InChI=1S/C80H136NO8P/c1-6-8-10-12-14-16-18-20-22-24-26-28-30-32-34-36-37-38-39-40-41-42-43-45-46-48-50-52-54-56-58-60-62-64-66-68-70-72-79(82)86-76-78(77-88-90(84,85)87-75-74-81(3,4)5)89-80(83)73-71-69-67-65-63-61-59-57-55-53-51-49-47-44-35-33-31-29-27-25-23-21-19-17-15-13-11-9-7-2/h8-11,14-17,20-23,26-29,33,35,47,49,53,55,59,61,78H,6-7,12-13,18-19,24-25,30-32,34,36-46,48,50-52,54,56-58,60,62-77H2,1-5H3/p+1/b10-8-,11-9-,16-14-,17-15-,22-20-,23-21-,28-26-,29-27-,35-33-,49-47-,55-53-,61-59-. The van der Waals surface area contributed by atoms with Crippen LogP contribution >= 0.6 is 7.82 Å². The lowest BCUT2D eigenvalue weighted by atomic mass is 10.0. The molecule has 0 aromatic heterocycles. The number of rotatable bonds is 66. The number of unbranched alkanes of at least 4 members (excludes halogenated alkanes) is 28. The Morgan fingerprint density at radius 3 is 0.889 bits per heavy atom. The molecule has 0 aromatic rings. The number of likely N-dealkylation sites (N-methyl/N-ethyl adjacent to an activating group) is 1. The van der Waals surface area contributed by atoms with Gasteiger partial charge in [0.05, 0.1) is 27.7 Å². The molecule has 0 spiro atoms. The number of nitrogens with zero attached hydrogens (tertiary/aromatic N) is 1. The Kier molecular flexibility index (Phi) is 66.1. The fourth-order valence-corrected chi connectivity index (χ4v) is 10.6. The molecule has 2 atom stereocenters. The van der Waals surface area contributed by atoms with E-state index in [2.05, 4.69) is 160 Å². The molecule has 2 unspecified atom stereocenters. The monoisotopic (exact) mass is 1270 g/mol. The Labute approximate surface area is 554 Å². The molecular formula is C80H137NO8P+. The van der Waals surface area contributed by atoms with Crippen LogP contribution < -0.4 is 0 Å². The summed E-state index contributed by atoms with van der Waals surface area (Å²) in [5, 5.41) is 0. The highest BCUT2D eigenvalue weighted by Gasteiger charge is 2.27. The molecule has 0 saturated heterocycles. The van der Waals surface area contributed by atoms with Gasteiger partial charge in [0, 0.05) is 12.8 Å². The third-order valence-corrected chi connectivity index (χ3v) is 16.3. The van der Waals surface area contributed by atoms with Crippen molar-refractivity contribution in [3.63, 3.8) is 0 Å². The van der Waals surface area contributed by atoms with Crippen LogP contribution in [0.5, 0.6) is 0 Å². The van der Waals surface area contributed by atoms with Crippen LogP contribution in [0.15, 0.2) is 146 Å². The second-order valence-electron chi connectivity index (χ2n) is 25.2. The van der Waals surface area contributed by atoms with E-state index in [9.17, 15) is 19.0 Å². The number of hydrogen-bond acceptors (Lipinski definition) is 7. The summed E-state index contributed by atoms with van der Waals surface area (Å²) in [4.78, 5) is 35.9. The Balaban J connectivity index is 4.05. The van der Waals surface area contributed by atoms with Gasteiger partial charge in [-0.05, 0) is 116 Å². The van der Waals surface area contributed by atoms with Crippen LogP contribution in [0.4, 0.5) is 0 Å². The molecular weight excluding hydrogens is 1130 g/mol. The molecule has 0 saturated carbocycles. The van der Waals surface area contributed by atoms with Gasteiger partial charge in [0.25, 0.3) is 0 Å². The van der Waals surface area contributed by atoms with E-state index in [4.69, 9.17) is 18.5 Å². The lowest BCUT2D eigenvalue weighted by Gasteiger charge is -2.24. The predicted molar refractivity (Wildman–Crippen MR) is 390 cm³/mol. The van der Waals surface area contributed by atoms with Gasteiger partial charge in [-0.25, -0.2) is 4.57 Å². The highest BCUT2D eigenvalue weighted by molar-refractivity contribution is 7.47. The summed E-state index contributed by atoms with van der Waals surface area (Å²) in [5.41, 5.74) is 0. The third kappa shape index (κ3) is 72.9. The highest BCUT2D eigenvalue weighted by atomic mass is 31.2. The van der Waals surface area contributed by atoms with Crippen LogP contribution in [0, 0.1) is 0 Å². The maximum Gasteiger partial charge on any atom is 0.472 e. The van der Waals surface area contributed by atoms with Gasteiger partial charge in [-0.2, -0.15) is 0 Å². The van der Waals surface area contributed by atoms with Crippen molar-refractivity contribution in [2.75, 3.05) is 47.5 Å². The summed E-state index contributed by atoms with van der Waals surface area (Å²) in [6.45, 7) is 4.19. The molecule has 0 amide bonds. The smallest absolute Gasteiger partial charge is 0.462 e. The maximum absolute atomic E-state index is 12.9. The van der Waals surface area contributed by atoms with Crippen molar-refractivity contribution in [2.45, 2.75) is 302 Å². The molecule has 0 aliphatic carbocycles. The van der Waals surface area contributed by atoms with Crippen LogP contribution in [0.1, 0.15) is 296 Å². The van der Waals surface area contributed by atoms with Crippen LogP contribution in [-0.2, 0) is 32.7 Å². The van der Waals surface area contributed by atoms with Crippen LogP contribution in [-0.4, -0.2) is 74.9 Å². The first-order valence-electron chi connectivity index (χ1n) is 36.6. The molecule has 0 heterocycles.